The van der Waals surface area contributed by atoms with E-state index in [1.54, 1.807) is 18.3 Å². The Bertz CT molecular complexity index is 764. The van der Waals surface area contributed by atoms with Crippen LogP contribution in [0.5, 0.6) is 0 Å². The third-order valence-electron chi connectivity index (χ3n) is 3.94. The van der Waals surface area contributed by atoms with Crippen LogP contribution in [0.2, 0.25) is 0 Å². The zero-order chi connectivity index (χ0) is 18.1. The Kier molecular flexibility index (Phi) is 6.96. The monoisotopic (exact) mass is 335 g/mol. The number of hydrogen-bond donors (Lipinski definition) is 2. The molecule has 1 aromatic heterocycles. The molecule has 2 rings (SSSR count). The maximum Gasteiger partial charge on any atom is 0.255 e. The molecule has 3 N–H and O–H groups in total. The minimum absolute atomic E-state index is 0.206. The van der Waals surface area contributed by atoms with Gasteiger partial charge in [0, 0.05) is 12.7 Å². The lowest BCUT2D eigenvalue weighted by atomic mass is 10.0. The fraction of sp³-hybridized carbons (Fsp3) is 0.238. The molecule has 0 unspecified atom stereocenters. The minimum atomic E-state index is -0.206. The maximum atomic E-state index is 12.1. The molecule has 4 heteroatoms. The van der Waals surface area contributed by atoms with Crippen LogP contribution >= 0.6 is 0 Å². The molecule has 1 aromatic carbocycles. The van der Waals surface area contributed by atoms with Crippen molar-refractivity contribution in [1.29, 1.82) is 0 Å². The number of hydrogen-bond acceptors (Lipinski definition) is 3. The van der Waals surface area contributed by atoms with Crippen molar-refractivity contribution >= 4 is 11.7 Å². The Hall–Kier alpha value is -2.88. The fourth-order valence-corrected chi connectivity index (χ4v) is 2.40. The molecule has 0 saturated heterocycles. The van der Waals surface area contributed by atoms with Gasteiger partial charge in [-0.1, -0.05) is 60.6 Å². The van der Waals surface area contributed by atoms with Gasteiger partial charge in [0.15, 0.2) is 0 Å². The Morgan fingerprint density at radius 1 is 1.16 bits per heavy atom. The molecule has 0 aliphatic carbocycles. The van der Waals surface area contributed by atoms with E-state index in [4.69, 9.17) is 5.73 Å². The fourth-order valence-electron chi connectivity index (χ4n) is 2.40. The van der Waals surface area contributed by atoms with Gasteiger partial charge in [0.1, 0.15) is 5.82 Å². The second kappa shape index (κ2) is 9.42. The van der Waals surface area contributed by atoms with Gasteiger partial charge in [-0.15, -0.1) is 0 Å². The number of allylic oxidation sites excluding steroid dienone is 3. The third kappa shape index (κ3) is 5.92. The molecular weight excluding hydrogens is 310 g/mol. The van der Waals surface area contributed by atoms with Crippen LogP contribution in [-0.2, 0) is 6.42 Å². The lowest BCUT2D eigenvalue weighted by Gasteiger charge is -2.07. The van der Waals surface area contributed by atoms with Crippen molar-refractivity contribution in [2.75, 3.05) is 12.3 Å². The number of aromatic nitrogens is 1. The number of nitrogens with one attached hydrogen (secondary N) is 1. The summed E-state index contributed by atoms with van der Waals surface area (Å²) in [4.78, 5) is 16.1. The number of carbonyl (C=O) groups excluding carboxylic acids is 1. The van der Waals surface area contributed by atoms with E-state index in [1.807, 2.05) is 13.0 Å². The number of anilines is 1. The Labute approximate surface area is 149 Å². The number of nitrogens with zero attached hydrogens (tertiary/aromatic N) is 1. The molecule has 0 aliphatic rings. The molecule has 0 atom stereocenters. The Morgan fingerprint density at radius 3 is 2.60 bits per heavy atom. The summed E-state index contributed by atoms with van der Waals surface area (Å²) in [6.45, 7) is 4.63. The van der Waals surface area contributed by atoms with Gasteiger partial charge in [-0.3, -0.25) is 4.79 Å². The van der Waals surface area contributed by atoms with Crippen molar-refractivity contribution in [2.45, 2.75) is 26.7 Å². The van der Waals surface area contributed by atoms with E-state index in [9.17, 15) is 4.79 Å². The summed E-state index contributed by atoms with van der Waals surface area (Å²) in [5, 5.41) is 2.87. The summed E-state index contributed by atoms with van der Waals surface area (Å²) in [5.74, 6) is 0.0417. The predicted molar refractivity (Wildman–Crippen MR) is 103 cm³/mol. The highest BCUT2D eigenvalue weighted by molar-refractivity contribution is 5.98. The maximum absolute atomic E-state index is 12.1. The molecule has 0 saturated carbocycles. The van der Waals surface area contributed by atoms with E-state index in [0.29, 0.717) is 12.1 Å². The summed E-state index contributed by atoms with van der Waals surface area (Å²) in [5.41, 5.74) is 9.87. The van der Waals surface area contributed by atoms with Crippen LogP contribution in [0.4, 0.5) is 5.82 Å². The lowest BCUT2D eigenvalue weighted by Crippen LogP contribution is -2.26. The summed E-state index contributed by atoms with van der Waals surface area (Å²) in [6.07, 6.45) is 7.72. The standard InChI is InChI=1S/C21H25N3O/c1-3-17(14-18-8-5-4-6-9-18)12-11-16(2)15-24-21(25)19-10-7-13-23-20(19)22/h4-13H,3,14-15H2,1-2H3,(H2,22,23)(H,24,25)/b16-11+,17-12+. The summed E-state index contributed by atoms with van der Waals surface area (Å²) >= 11 is 0. The molecule has 130 valence electrons. The van der Waals surface area contributed by atoms with Gasteiger partial charge in [-0.25, -0.2) is 4.98 Å². The van der Waals surface area contributed by atoms with Crippen molar-refractivity contribution < 1.29 is 4.79 Å². The molecule has 25 heavy (non-hydrogen) atoms. The molecule has 2 aromatic rings. The summed E-state index contributed by atoms with van der Waals surface area (Å²) < 4.78 is 0. The zero-order valence-corrected chi connectivity index (χ0v) is 14.8. The second-order valence-electron chi connectivity index (χ2n) is 5.97. The van der Waals surface area contributed by atoms with Gasteiger partial charge < -0.3 is 11.1 Å². The third-order valence-corrected chi connectivity index (χ3v) is 3.94. The molecule has 1 amide bonds. The minimum Gasteiger partial charge on any atom is -0.383 e. The van der Waals surface area contributed by atoms with E-state index in [-0.39, 0.29) is 11.7 Å². The zero-order valence-electron chi connectivity index (χ0n) is 14.8. The van der Waals surface area contributed by atoms with Crippen molar-refractivity contribution in [3.05, 3.63) is 83.1 Å². The van der Waals surface area contributed by atoms with Gasteiger partial charge >= 0.3 is 0 Å². The molecule has 4 nitrogen and oxygen atoms in total. The largest absolute Gasteiger partial charge is 0.383 e. The summed E-state index contributed by atoms with van der Waals surface area (Å²) in [6, 6.07) is 13.8. The summed E-state index contributed by atoms with van der Waals surface area (Å²) in [7, 11) is 0. The van der Waals surface area contributed by atoms with Crippen LogP contribution in [0.15, 0.2) is 72.0 Å². The SMILES string of the molecule is CC/C(=C\C=C(/C)CNC(=O)c1cccnc1N)Cc1ccccc1. The first-order valence-corrected chi connectivity index (χ1v) is 8.48. The number of rotatable bonds is 7. The van der Waals surface area contributed by atoms with Crippen molar-refractivity contribution in [1.82, 2.24) is 10.3 Å². The highest BCUT2D eigenvalue weighted by Crippen LogP contribution is 2.12. The highest BCUT2D eigenvalue weighted by Gasteiger charge is 2.08. The van der Waals surface area contributed by atoms with E-state index >= 15 is 0 Å². The van der Waals surface area contributed by atoms with E-state index in [0.717, 1.165) is 18.4 Å². The quantitative estimate of drug-likeness (QED) is 0.754. The topological polar surface area (TPSA) is 68.0 Å². The van der Waals surface area contributed by atoms with Crippen LogP contribution in [0.25, 0.3) is 0 Å². The second-order valence-corrected chi connectivity index (χ2v) is 5.97. The molecule has 0 bridgehead atoms. The first kappa shape index (κ1) is 18.5. The van der Waals surface area contributed by atoms with Crippen LogP contribution in [-0.4, -0.2) is 17.4 Å². The number of nitrogens with two attached hydrogens (primary N) is 1. The predicted octanol–water partition coefficient (Wildman–Crippen LogP) is 3.92. The van der Waals surface area contributed by atoms with Crippen molar-refractivity contribution in [3.63, 3.8) is 0 Å². The normalized spacial score (nSPS) is 12.1. The average Bonchev–Trinajstić information content (AvgIpc) is 2.64. The van der Waals surface area contributed by atoms with Gasteiger partial charge in [0.25, 0.3) is 5.91 Å². The van der Waals surface area contributed by atoms with Crippen LogP contribution in [0, 0.1) is 0 Å². The van der Waals surface area contributed by atoms with Gasteiger partial charge in [-0.2, -0.15) is 0 Å². The average molecular weight is 335 g/mol. The first-order valence-electron chi connectivity index (χ1n) is 8.48. The first-order chi connectivity index (χ1) is 12.1. The van der Waals surface area contributed by atoms with Crippen LogP contribution in [0.1, 0.15) is 36.2 Å². The lowest BCUT2D eigenvalue weighted by molar-refractivity contribution is 0.0957. The van der Waals surface area contributed by atoms with Crippen LogP contribution < -0.4 is 11.1 Å². The number of nitrogen functional groups attached to an aromatic ring is 1. The van der Waals surface area contributed by atoms with Gasteiger partial charge in [-0.05, 0) is 37.5 Å². The number of benzene rings is 1. The number of pyridine rings is 1. The molecular formula is C21H25N3O. The molecule has 0 radical (unpaired) electrons. The highest BCUT2D eigenvalue weighted by atomic mass is 16.1. The number of carbonyl (C=O) groups is 1. The number of amides is 1. The molecule has 1 heterocycles. The van der Waals surface area contributed by atoms with Gasteiger partial charge in [0.05, 0.1) is 5.56 Å². The molecule has 0 aliphatic heterocycles. The van der Waals surface area contributed by atoms with Crippen molar-refractivity contribution in [2.24, 2.45) is 0 Å². The Morgan fingerprint density at radius 2 is 1.92 bits per heavy atom. The molecule has 0 spiro atoms. The van der Waals surface area contributed by atoms with Crippen LogP contribution in [0.3, 0.4) is 0 Å². The van der Waals surface area contributed by atoms with Gasteiger partial charge in [0.2, 0.25) is 0 Å². The smallest absolute Gasteiger partial charge is 0.255 e. The van der Waals surface area contributed by atoms with Crippen molar-refractivity contribution in [3.8, 4) is 0 Å². The van der Waals surface area contributed by atoms with E-state index < -0.39 is 0 Å². The Balaban J connectivity index is 1.93. The van der Waals surface area contributed by atoms with E-state index in [1.165, 1.54) is 11.1 Å². The van der Waals surface area contributed by atoms with E-state index in [2.05, 4.69) is 53.6 Å². The molecule has 0 fully saturated rings.